The Morgan fingerprint density at radius 2 is 0.561 bits per heavy atom. The van der Waals surface area contributed by atoms with Crippen molar-refractivity contribution in [3.63, 3.8) is 0 Å². The van der Waals surface area contributed by atoms with Crippen molar-refractivity contribution in [1.82, 2.24) is 4.57 Å². The monoisotopic (exact) mass is 1460 g/mol. The van der Waals surface area contributed by atoms with Gasteiger partial charge in [-0.25, -0.2) is 0 Å². The highest BCUT2D eigenvalue weighted by Crippen LogP contribution is 2.71. The summed E-state index contributed by atoms with van der Waals surface area (Å²) in [6, 6.07) is 73.2. The minimum absolute atomic E-state index is 0.0385. The van der Waals surface area contributed by atoms with Crippen LogP contribution >= 0.6 is 15.9 Å². The van der Waals surface area contributed by atoms with Crippen LogP contribution in [0.5, 0.6) is 0 Å². The first-order valence-electron chi connectivity index (χ1n) is 38.8. The van der Waals surface area contributed by atoms with Gasteiger partial charge in [0, 0.05) is 36.9 Å². The van der Waals surface area contributed by atoms with Crippen LogP contribution in [0.4, 0.5) is 68.2 Å². The lowest BCUT2D eigenvalue weighted by Gasteiger charge is -2.54. The van der Waals surface area contributed by atoms with E-state index in [1.54, 1.807) is 0 Å². The Bertz CT molecular complexity index is 5750. The van der Waals surface area contributed by atoms with E-state index < -0.39 is 0 Å². The highest BCUT2D eigenvalue weighted by atomic mass is 79.9. The molecule has 0 saturated heterocycles. The van der Waals surface area contributed by atoms with E-state index in [0.717, 1.165) is 6.42 Å². The number of fused-ring (bicyclic) bond motifs is 6. The summed E-state index contributed by atoms with van der Waals surface area (Å²) >= 11 is 3.90. The quantitative estimate of drug-likeness (QED) is 0.175. The Balaban J connectivity index is 0.000000132. The molecule has 0 unspecified atom stereocenters. The summed E-state index contributed by atoms with van der Waals surface area (Å²) in [5.41, 5.74) is 49.4. The molecule has 0 amide bonds. The van der Waals surface area contributed by atoms with E-state index >= 15 is 0 Å². The van der Waals surface area contributed by atoms with Crippen LogP contribution in [0.3, 0.4) is 0 Å². The van der Waals surface area contributed by atoms with Crippen molar-refractivity contribution < 1.29 is 0 Å². The van der Waals surface area contributed by atoms with E-state index in [0.29, 0.717) is 0 Å². The lowest BCUT2D eigenvalue weighted by Crippen LogP contribution is -2.41. The molecule has 7 heterocycles. The molecule has 20 rings (SSSR count). The number of anilines is 12. The predicted molar refractivity (Wildman–Crippen MR) is 459 cm³/mol. The van der Waals surface area contributed by atoms with Crippen LogP contribution in [0.15, 0.2) is 199 Å². The number of hydrogen-bond donors (Lipinski definition) is 0. The molecule has 12 aromatic carbocycles. The molecule has 107 heavy (non-hydrogen) atoms. The number of benzene rings is 12. The van der Waals surface area contributed by atoms with Gasteiger partial charge in [-0.15, -0.1) is 0 Å². The molecular formula is C101H100BrN5. The van der Waals surface area contributed by atoms with Gasteiger partial charge in [-0.2, -0.15) is 0 Å². The molecule has 0 spiro atoms. The summed E-state index contributed by atoms with van der Waals surface area (Å²) in [6.07, 6.45) is 1.10. The topological polar surface area (TPSA) is 17.9 Å². The molecule has 13 aromatic rings. The maximum absolute atomic E-state index is 3.90. The summed E-state index contributed by atoms with van der Waals surface area (Å²) in [4.78, 5) is 10.5. The molecule has 0 fully saturated rings. The van der Waals surface area contributed by atoms with Crippen LogP contribution < -0.4 is 19.6 Å². The van der Waals surface area contributed by atoms with Crippen LogP contribution in [0.1, 0.15) is 208 Å². The number of para-hydroxylation sites is 6. The zero-order valence-corrected chi connectivity index (χ0v) is 68.4. The van der Waals surface area contributed by atoms with Crippen molar-refractivity contribution >= 4 is 106 Å². The van der Waals surface area contributed by atoms with Crippen LogP contribution in [-0.4, -0.2) is 4.57 Å². The van der Waals surface area contributed by atoms with Gasteiger partial charge in [0.25, 0.3) is 0 Å². The van der Waals surface area contributed by atoms with Crippen molar-refractivity contribution in [1.29, 1.82) is 0 Å². The molecular weight excluding hydrogens is 1360 g/mol. The molecule has 536 valence electrons. The van der Waals surface area contributed by atoms with E-state index in [-0.39, 0.29) is 32.5 Å². The number of aromatic nitrogens is 1. The maximum atomic E-state index is 3.90. The fraction of sp³-hybridized carbons (Fsp3) is 0.287. The smallest absolute Gasteiger partial charge is 0.0744 e. The van der Waals surface area contributed by atoms with E-state index in [1.807, 2.05) is 0 Å². The lowest BCUT2D eigenvalue weighted by molar-refractivity contribution is 0.562. The second-order valence-corrected chi connectivity index (χ2v) is 36.9. The third-order valence-corrected chi connectivity index (χ3v) is 27.9. The van der Waals surface area contributed by atoms with Gasteiger partial charge in [-0.3, -0.25) is 0 Å². The SMILES string of the molecule is Cc1c(C)c(-n2c3ccccc3c3ccccc32)c(C)c(C)c1N1c2cccc3c2N2c4c1cccc4C(C)(C)c1cc(C(C)(C)C)cc(c12)C3(C)C.Cc1c(C)c(N2c3cccc4c3N3c5c2cccc5C(C)(C)c2cc(C(C)(C)C)cc(c23)C4(C)C)c(C)c(C)c1Br.c1ccc2c(c1)Cc1ccccc1-2. The first-order chi connectivity index (χ1) is 50.7. The van der Waals surface area contributed by atoms with Crippen molar-refractivity contribution in [2.24, 2.45) is 0 Å². The molecule has 1 aliphatic carbocycles. The van der Waals surface area contributed by atoms with Gasteiger partial charge in [-0.1, -0.05) is 271 Å². The Labute approximate surface area is 643 Å². The standard InChI is InChI=1S/C50H49N3.C38H41BrN2.C13H10/c1-28-30(3)44(31(4)29(2)43(28)51-39-22-14-12-18-33(39)34-19-13-15-23-40(34)51)52-41-24-16-20-35-46(41)53-45-37(49(35,8)9)26-32(48(5,6)7)27-38(45)50(10,11)36-21-17-25-42(52)47(36)53;1-20-22(3)32(23(4)21(2)31(20)39)40-29-16-12-14-25-34(29)41-33-27(37(25,8)9)18-24(36(5,6)7)19-28(33)38(10,11)26-15-13-17-30(40)35(26)41;1-3-7-12-10(5-1)9-11-6-2-4-8-13(11)12/h12-27H,1-11H3;12-19H,1-11H3;1-8H,9H2. The Hall–Kier alpha value is -9.88. The van der Waals surface area contributed by atoms with Crippen molar-refractivity contribution in [2.75, 3.05) is 19.6 Å². The molecule has 0 radical (unpaired) electrons. The second kappa shape index (κ2) is 23.1. The molecule has 0 N–H and O–H groups in total. The van der Waals surface area contributed by atoms with Crippen LogP contribution in [0.25, 0.3) is 38.6 Å². The van der Waals surface area contributed by atoms with Gasteiger partial charge in [0.1, 0.15) is 0 Å². The van der Waals surface area contributed by atoms with Gasteiger partial charge in [0.05, 0.1) is 85.0 Å². The van der Waals surface area contributed by atoms with E-state index in [1.165, 1.54) is 223 Å². The number of halogens is 1. The molecule has 0 bridgehead atoms. The summed E-state index contributed by atoms with van der Waals surface area (Å²) in [7, 11) is 0. The summed E-state index contributed by atoms with van der Waals surface area (Å²) in [6.45, 7) is 52.0. The third-order valence-electron chi connectivity index (χ3n) is 26.7. The fourth-order valence-electron chi connectivity index (χ4n) is 20.1. The summed E-state index contributed by atoms with van der Waals surface area (Å²) in [5, 5.41) is 2.59. The minimum Gasteiger partial charge on any atom is -0.309 e. The van der Waals surface area contributed by atoms with Crippen LogP contribution in [-0.2, 0) is 38.9 Å². The van der Waals surface area contributed by atoms with E-state index in [4.69, 9.17) is 0 Å². The normalized spacial score (nSPS) is 16.0. The van der Waals surface area contributed by atoms with Crippen LogP contribution in [0, 0.1) is 55.4 Å². The third kappa shape index (κ3) is 9.33. The Morgan fingerprint density at radius 3 is 0.879 bits per heavy atom. The zero-order valence-electron chi connectivity index (χ0n) is 66.8. The summed E-state index contributed by atoms with van der Waals surface area (Å²) < 4.78 is 3.73. The Morgan fingerprint density at radius 1 is 0.280 bits per heavy atom. The average molecular weight is 1460 g/mol. The van der Waals surface area contributed by atoms with Crippen LogP contribution in [0.2, 0.25) is 0 Å². The average Bonchev–Trinajstić information content (AvgIpc) is 1.60. The first-order valence-corrected chi connectivity index (χ1v) is 39.6. The van der Waals surface area contributed by atoms with Gasteiger partial charge < -0.3 is 24.2 Å². The lowest BCUT2D eigenvalue weighted by atomic mass is 9.64. The number of rotatable bonds is 3. The Kier molecular flexibility index (Phi) is 14.9. The molecule has 6 heteroatoms. The highest BCUT2D eigenvalue weighted by molar-refractivity contribution is 9.10. The predicted octanol–water partition coefficient (Wildman–Crippen LogP) is 28.6. The largest absolute Gasteiger partial charge is 0.309 e. The fourth-order valence-corrected chi connectivity index (χ4v) is 20.7. The summed E-state index contributed by atoms with van der Waals surface area (Å²) in [5.74, 6) is 0. The van der Waals surface area contributed by atoms with E-state index in [2.05, 4.69) is 387 Å². The highest BCUT2D eigenvalue weighted by Gasteiger charge is 2.53. The van der Waals surface area contributed by atoms with Crippen molar-refractivity contribution in [3.05, 3.63) is 310 Å². The van der Waals surface area contributed by atoms with Crippen molar-refractivity contribution in [3.8, 4) is 16.8 Å². The molecule has 1 aromatic heterocycles. The first kappa shape index (κ1) is 68.9. The second-order valence-electron chi connectivity index (χ2n) is 36.1. The number of nitrogens with zero attached hydrogens (tertiary/aromatic N) is 5. The zero-order chi connectivity index (χ0) is 75.3. The van der Waals surface area contributed by atoms with E-state index in [9.17, 15) is 0 Å². The molecule has 5 nitrogen and oxygen atoms in total. The van der Waals surface area contributed by atoms with Gasteiger partial charge >= 0.3 is 0 Å². The minimum atomic E-state index is -0.185. The molecule has 0 saturated carbocycles. The van der Waals surface area contributed by atoms with Crippen molar-refractivity contribution in [2.45, 2.75) is 191 Å². The maximum Gasteiger partial charge on any atom is 0.0744 e. The molecule has 7 aliphatic rings. The molecule has 0 atom stereocenters. The number of hydrogen-bond acceptors (Lipinski definition) is 4. The van der Waals surface area contributed by atoms with Gasteiger partial charge in [-0.05, 0) is 231 Å². The molecule has 6 aliphatic heterocycles. The van der Waals surface area contributed by atoms with Gasteiger partial charge in [0.2, 0.25) is 0 Å². The van der Waals surface area contributed by atoms with Gasteiger partial charge in [0.15, 0.2) is 0 Å².